The molecular formula is C23H24FN3O5. The fourth-order valence-corrected chi connectivity index (χ4v) is 4.03. The molecule has 3 aliphatic heterocycles. The van der Waals surface area contributed by atoms with Gasteiger partial charge in [0.05, 0.1) is 30.1 Å². The van der Waals surface area contributed by atoms with Crippen LogP contribution in [-0.2, 0) is 4.79 Å². The second kappa shape index (κ2) is 7.89. The van der Waals surface area contributed by atoms with Gasteiger partial charge in [0, 0.05) is 38.2 Å². The van der Waals surface area contributed by atoms with Gasteiger partial charge in [-0.05, 0) is 25.1 Å². The van der Waals surface area contributed by atoms with Gasteiger partial charge in [-0.15, -0.1) is 0 Å². The Kier molecular flexibility index (Phi) is 5.03. The van der Waals surface area contributed by atoms with Gasteiger partial charge in [0.2, 0.25) is 0 Å². The molecule has 2 aromatic rings. The standard InChI is InChI=1S/C23H24FN3O5/c1-13-26(2)20-4-3-16(5-22(20)32-13)30-11-14-9-27(10-14)23(29)17-6-19-21(7-18(17)24)31-12-15(28)8-25-19/h3-7,13-14,25H,8-12H2,1-2H3. The number of carbonyl (C=O) groups excluding carboxylic acids is 2. The minimum absolute atomic E-state index is 0.0120. The van der Waals surface area contributed by atoms with Crippen LogP contribution in [0.25, 0.3) is 0 Å². The summed E-state index contributed by atoms with van der Waals surface area (Å²) in [5, 5.41) is 2.90. The Hall–Kier alpha value is -3.49. The second-order valence-electron chi connectivity index (χ2n) is 8.35. The molecule has 0 spiro atoms. The summed E-state index contributed by atoms with van der Waals surface area (Å²) in [6.07, 6.45) is -0.0120. The van der Waals surface area contributed by atoms with Crippen LogP contribution >= 0.6 is 0 Å². The zero-order chi connectivity index (χ0) is 22.4. The van der Waals surface area contributed by atoms with Gasteiger partial charge in [0.15, 0.2) is 12.0 Å². The number of fused-ring (bicyclic) bond motifs is 2. The molecule has 168 valence electrons. The van der Waals surface area contributed by atoms with E-state index in [1.807, 2.05) is 32.2 Å². The average Bonchev–Trinajstić information content (AvgIpc) is 2.90. The summed E-state index contributed by atoms with van der Waals surface area (Å²) in [7, 11) is 1.98. The minimum atomic E-state index is -0.665. The van der Waals surface area contributed by atoms with Crippen LogP contribution in [0.3, 0.4) is 0 Å². The summed E-state index contributed by atoms with van der Waals surface area (Å²) in [6.45, 7) is 3.37. The highest BCUT2D eigenvalue weighted by atomic mass is 19.1. The molecule has 1 amide bonds. The van der Waals surface area contributed by atoms with Crippen molar-refractivity contribution in [2.75, 3.05) is 50.1 Å². The van der Waals surface area contributed by atoms with Crippen LogP contribution in [0.4, 0.5) is 15.8 Å². The van der Waals surface area contributed by atoms with E-state index in [4.69, 9.17) is 14.2 Å². The molecule has 1 atom stereocenters. The topological polar surface area (TPSA) is 80.3 Å². The Morgan fingerprint density at radius 3 is 2.88 bits per heavy atom. The molecule has 0 aromatic heterocycles. The number of likely N-dealkylation sites (tertiary alicyclic amines) is 1. The Balaban J connectivity index is 1.17. The van der Waals surface area contributed by atoms with E-state index in [1.54, 1.807) is 4.90 Å². The fourth-order valence-electron chi connectivity index (χ4n) is 4.03. The Labute approximate surface area is 184 Å². The maximum absolute atomic E-state index is 14.5. The van der Waals surface area contributed by atoms with E-state index in [9.17, 15) is 14.0 Å². The van der Waals surface area contributed by atoms with Gasteiger partial charge < -0.3 is 29.3 Å². The van der Waals surface area contributed by atoms with Crippen molar-refractivity contribution in [3.8, 4) is 17.2 Å². The number of halogens is 1. The molecule has 9 heteroatoms. The second-order valence-corrected chi connectivity index (χ2v) is 8.35. The van der Waals surface area contributed by atoms with Gasteiger partial charge in [-0.2, -0.15) is 0 Å². The lowest BCUT2D eigenvalue weighted by Crippen LogP contribution is -2.52. The largest absolute Gasteiger partial charge is 0.493 e. The van der Waals surface area contributed by atoms with E-state index in [2.05, 4.69) is 10.2 Å². The number of nitrogens with one attached hydrogen (secondary N) is 1. The number of anilines is 2. The normalized spacial score (nSPS) is 19.7. The molecule has 8 nitrogen and oxygen atoms in total. The number of nitrogens with zero attached hydrogens (tertiary/aromatic N) is 2. The van der Waals surface area contributed by atoms with E-state index in [0.29, 0.717) is 31.1 Å². The van der Waals surface area contributed by atoms with E-state index < -0.39 is 5.82 Å². The molecule has 32 heavy (non-hydrogen) atoms. The molecule has 2 aromatic carbocycles. The van der Waals surface area contributed by atoms with Crippen molar-refractivity contribution in [2.24, 2.45) is 5.92 Å². The van der Waals surface area contributed by atoms with Crippen LogP contribution < -0.4 is 24.4 Å². The van der Waals surface area contributed by atoms with Crippen LogP contribution in [0.15, 0.2) is 30.3 Å². The third-order valence-electron chi connectivity index (χ3n) is 6.05. The molecule has 1 saturated heterocycles. The first-order valence-corrected chi connectivity index (χ1v) is 10.6. The quantitative estimate of drug-likeness (QED) is 0.781. The van der Waals surface area contributed by atoms with Crippen LogP contribution in [0.5, 0.6) is 17.2 Å². The fraction of sp³-hybridized carbons (Fsp3) is 0.391. The summed E-state index contributed by atoms with van der Waals surface area (Å²) in [4.78, 5) is 27.9. The molecule has 3 aliphatic rings. The van der Waals surface area contributed by atoms with E-state index in [1.165, 1.54) is 6.07 Å². The average molecular weight is 441 g/mol. The zero-order valence-electron chi connectivity index (χ0n) is 17.9. The molecule has 0 aliphatic carbocycles. The van der Waals surface area contributed by atoms with E-state index in [-0.39, 0.29) is 48.3 Å². The summed E-state index contributed by atoms with van der Waals surface area (Å²) in [5.41, 5.74) is 1.43. The summed E-state index contributed by atoms with van der Waals surface area (Å²) in [5.74, 6) is 0.714. The first-order chi connectivity index (χ1) is 15.4. The lowest BCUT2D eigenvalue weighted by atomic mass is 9.99. The van der Waals surface area contributed by atoms with Crippen molar-refractivity contribution in [2.45, 2.75) is 13.2 Å². The number of ketones is 1. The molecule has 3 heterocycles. The van der Waals surface area contributed by atoms with Crippen molar-refractivity contribution in [1.29, 1.82) is 0 Å². The van der Waals surface area contributed by atoms with Gasteiger partial charge in [-0.25, -0.2) is 4.39 Å². The van der Waals surface area contributed by atoms with Gasteiger partial charge in [0.25, 0.3) is 5.91 Å². The maximum atomic E-state index is 14.5. The molecule has 0 radical (unpaired) electrons. The van der Waals surface area contributed by atoms with Gasteiger partial charge in [0.1, 0.15) is 29.7 Å². The van der Waals surface area contributed by atoms with Crippen molar-refractivity contribution in [3.63, 3.8) is 0 Å². The van der Waals surface area contributed by atoms with Crippen molar-refractivity contribution in [1.82, 2.24) is 4.90 Å². The molecule has 0 saturated carbocycles. The number of Topliss-reactive ketones (excluding diaryl/α,β-unsaturated/α-hetero) is 1. The zero-order valence-corrected chi connectivity index (χ0v) is 17.9. The van der Waals surface area contributed by atoms with Crippen LogP contribution in [0.2, 0.25) is 0 Å². The number of ether oxygens (including phenoxy) is 3. The van der Waals surface area contributed by atoms with Crippen LogP contribution in [-0.4, -0.2) is 62.7 Å². The molecule has 5 rings (SSSR count). The number of carbonyl (C=O) groups is 2. The third kappa shape index (κ3) is 3.68. The first-order valence-electron chi connectivity index (χ1n) is 10.6. The summed E-state index contributed by atoms with van der Waals surface area (Å²) in [6, 6.07) is 8.32. The molecule has 1 N–H and O–H groups in total. The Morgan fingerprint density at radius 2 is 2.06 bits per heavy atom. The summed E-state index contributed by atoms with van der Waals surface area (Å²) >= 11 is 0. The SMILES string of the molecule is CC1Oc2cc(OCC3CN(C(=O)c4cc5c(cc4F)OCC(=O)CN5)C3)ccc2N1C. The number of hydrogen-bond donors (Lipinski definition) is 1. The van der Waals surface area contributed by atoms with E-state index >= 15 is 0 Å². The molecular weight excluding hydrogens is 417 g/mol. The predicted octanol–water partition coefficient (Wildman–Crippen LogP) is 2.52. The molecule has 0 bridgehead atoms. The third-order valence-corrected chi connectivity index (χ3v) is 6.05. The summed E-state index contributed by atoms with van der Waals surface area (Å²) < 4.78 is 31.5. The molecule has 1 fully saturated rings. The van der Waals surface area contributed by atoms with Crippen molar-refractivity contribution >= 4 is 23.1 Å². The minimum Gasteiger partial charge on any atom is -0.493 e. The van der Waals surface area contributed by atoms with Gasteiger partial charge >= 0.3 is 0 Å². The smallest absolute Gasteiger partial charge is 0.256 e. The highest BCUT2D eigenvalue weighted by Crippen LogP contribution is 2.39. The Bertz CT molecular complexity index is 1090. The van der Waals surface area contributed by atoms with Gasteiger partial charge in [-0.3, -0.25) is 9.59 Å². The lowest BCUT2D eigenvalue weighted by Gasteiger charge is -2.39. The van der Waals surface area contributed by atoms with E-state index in [0.717, 1.165) is 17.5 Å². The van der Waals surface area contributed by atoms with Crippen molar-refractivity contribution in [3.05, 3.63) is 41.7 Å². The first kappa shape index (κ1) is 20.4. The molecule has 1 unspecified atom stereocenters. The highest BCUT2D eigenvalue weighted by Gasteiger charge is 2.34. The lowest BCUT2D eigenvalue weighted by molar-refractivity contribution is -0.119. The predicted molar refractivity (Wildman–Crippen MR) is 115 cm³/mol. The van der Waals surface area contributed by atoms with Crippen LogP contribution in [0, 0.1) is 11.7 Å². The number of amides is 1. The Morgan fingerprint density at radius 1 is 1.25 bits per heavy atom. The number of hydrogen-bond acceptors (Lipinski definition) is 7. The maximum Gasteiger partial charge on any atom is 0.256 e. The highest BCUT2D eigenvalue weighted by molar-refractivity contribution is 5.97. The van der Waals surface area contributed by atoms with Gasteiger partial charge in [-0.1, -0.05) is 0 Å². The number of rotatable bonds is 4. The monoisotopic (exact) mass is 441 g/mol. The van der Waals surface area contributed by atoms with Crippen molar-refractivity contribution < 1.29 is 28.2 Å². The number of benzene rings is 2. The van der Waals surface area contributed by atoms with Crippen LogP contribution in [0.1, 0.15) is 17.3 Å².